The molecule has 0 aromatic heterocycles. The summed E-state index contributed by atoms with van der Waals surface area (Å²) >= 11 is 0. The van der Waals surface area contributed by atoms with Gasteiger partial charge >= 0.3 is 6.85 Å². The monoisotopic (exact) mass is 468 g/mol. The van der Waals surface area contributed by atoms with Gasteiger partial charge in [0.15, 0.2) is 0 Å². The van der Waals surface area contributed by atoms with E-state index in [0.717, 1.165) is 0 Å². The lowest BCUT2D eigenvalue weighted by atomic mass is 9.41. The summed E-state index contributed by atoms with van der Waals surface area (Å²) < 4.78 is 0. The van der Waals surface area contributed by atoms with E-state index in [9.17, 15) is 0 Å². The van der Waals surface area contributed by atoms with E-state index in [2.05, 4.69) is 137 Å². The molecule has 0 unspecified atom stereocenters. The second kappa shape index (κ2) is 6.92. The van der Waals surface area contributed by atoms with Gasteiger partial charge in [0, 0.05) is 39.6 Å². The third kappa shape index (κ3) is 2.41. The van der Waals surface area contributed by atoms with E-state index < -0.39 is 0 Å². The van der Waals surface area contributed by atoms with Crippen LogP contribution in [0, 0.1) is 0 Å². The lowest BCUT2D eigenvalue weighted by Crippen LogP contribution is -2.63. The summed E-state index contributed by atoms with van der Waals surface area (Å²) in [5, 5.41) is 2.52. The van der Waals surface area contributed by atoms with Crippen molar-refractivity contribution < 1.29 is 0 Å². The van der Waals surface area contributed by atoms with Crippen molar-refractivity contribution in [3.05, 3.63) is 127 Å². The van der Waals surface area contributed by atoms with Crippen LogP contribution < -0.4 is 20.6 Å². The Balaban J connectivity index is 1.44. The molecule has 0 spiro atoms. The number of para-hydroxylation sites is 2. The van der Waals surface area contributed by atoms with Crippen LogP contribution in [0.25, 0.3) is 33.0 Å². The molecule has 0 atom stereocenters. The molecule has 0 amide bonds. The lowest BCUT2D eigenvalue weighted by Gasteiger charge is -2.49. The summed E-state index contributed by atoms with van der Waals surface area (Å²) in [6, 6.07) is 46.9. The van der Waals surface area contributed by atoms with E-state index in [0.29, 0.717) is 0 Å². The highest BCUT2D eigenvalue weighted by Gasteiger charge is 2.48. The Bertz CT molecular complexity index is 1820. The third-order valence-corrected chi connectivity index (χ3v) is 8.35. The van der Waals surface area contributed by atoms with E-state index in [-0.39, 0.29) is 6.85 Å². The molecular weight excluding hydrogens is 447 g/mol. The van der Waals surface area contributed by atoms with Crippen molar-refractivity contribution in [3.63, 3.8) is 0 Å². The second-order valence-electron chi connectivity index (χ2n) is 10.2. The van der Waals surface area contributed by atoms with Gasteiger partial charge in [0.25, 0.3) is 0 Å². The zero-order valence-corrected chi connectivity index (χ0v) is 20.1. The van der Waals surface area contributed by atoms with Gasteiger partial charge in [0.1, 0.15) is 0 Å². The minimum absolute atomic E-state index is 0.138. The number of benzene rings is 6. The fraction of sp³-hybridized carbons (Fsp3) is 0. The van der Waals surface area contributed by atoms with E-state index >= 15 is 0 Å². The first kappa shape index (κ1) is 19.4. The highest BCUT2D eigenvalue weighted by Crippen LogP contribution is 2.51. The Kier molecular flexibility index (Phi) is 3.64. The van der Waals surface area contributed by atoms with Gasteiger partial charge in [0.05, 0.1) is 0 Å². The Morgan fingerprint density at radius 3 is 1.57 bits per heavy atom. The van der Waals surface area contributed by atoms with Gasteiger partial charge in [-0.2, -0.15) is 0 Å². The van der Waals surface area contributed by atoms with Crippen molar-refractivity contribution in [2.45, 2.75) is 0 Å². The van der Waals surface area contributed by atoms with Crippen LogP contribution in [0.4, 0.5) is 28.4 Å². The maximum absolute atomic E-state index is 2.58. The van der Waals surface area contributed by atoms with Gasteiger partial charge in [-0.15, -0.1) is 0 Å². The van der Waals surface area contributed by atoms with Gasteiger partial charge < -0.3 is 9.71 Å². The highest BCUT2D eigenvalue weighted by atomic mass is 15.2. The van der Waals surface area contributed by atoms with E-state index in [1.54, 1.807) is 0 Å². The molecule has 2 nitrogen and oxygen atoms in total. The molecule has 0 fully saturated rings. The normalized spacial score (nSPS) is 13.8. The van der Waals surface area contributed by atoms with Crippen LogP contribution in [0.3, 0.4) is 0 Å². The number of nitrogens with zero attached hydrogens (tertiary/aromatic N) is 2. The molecule has 0 N–H and O–H groups in total. The van der Waals surface area contributed by atoms with Crippen LogP contribution in [0.1, 0.15) is 0 Å². The average Bonchev–Trinajstić information content (AvgIpc) is 2.97. The maximum atomic E-state index is 2.58. The quantitative estimate of drug-likeness (QED) is 0.230. The molecule has 3 heterocycles. The van der Waals surface area contributed by atoms with Crippen molar-refractivity contribution in [2.24, 2.45) is 0 Å². The van der Waals surface area contributed by atoms with Crippen molar-refractivity contribution in [1.29, 1.82) is 0 Å². The van der Waals surface area contributed by atoms with Gasteiger partial charge in [-0.25, -0.2) is 0 Å². The topological polar surface area (TPSA) is 6.48 Å². The third-order valence-electron chi connectivity index (χ3n) is 8.35. The largest absolute Gasteiger partial charge is 0.376 e. The summed E-state index contributed by atoms with van der Waals surface area (Å²) in [6.45, 7) is 0.138. The van der Waals surface area contributed by atoms with Crippen LogP contribution in [0.5, 0.6) is 0 Å². The maximum Gasteiger partial charge on any atom is 0.333 e. The molecule has 170 valence electrons. The van der Waals surface area contributed by atoms with E-state index in [1.807, 2.05) is 0 Å². The Hall–Kier alpha value is -4.76. The second-order valence-corrected chi connectivity index (χ2v) is 10.2. The van der Waals surface area contributed by atoms with Crippen molar-refractivity contribution >= 4 is 57.0 Å². The lowest BCUT2D eigenvalue weighted by molar-refractivity contribution is 1.26. The van der Waals surface area contributed by atoms with Crippen molar-refractivity contribution in [1.82, 2.24) is 0 Å². The minimum Gasteiger partial charge on any atom is -0.376 e. The summed E-state index contributed by atoms with van der Waals surface area (Å²) in [5.41, 5.74) is 14.3. The summed E-state index contributed by atoms with van der Waals surface area (Å²) in [6.07, 6.45) is 0. The Morgan fingerprint density at radius 1 is 0.405 bits per heavy atom. The van der Waals surface area contributed by atoms with Crippen molar-refractivity contribution in [3.8, 4) is 22.3 Å². The molecular formula is C34H21BN2. The zero-order chi connectivity index (χ0) is 24.1. The molecule has 0 saturated carbocycles. The molecule has 37 heavy (non-hydrogen) atoms. The standard InChI is InChI=1S/C34H21BN2/c1-2-10-23-21-24(20-19-22(23)9-1)36-31-17-7-13-27-25-11-3-5-15-29(25)37-30-16-6-4-12-26(30)28-14-8-18-32(36)34(28)35(37)33(27)31/h1-21H. The van der Waals surface area contributed by atoms with Gasteiger partial charge in [0.2, 0.25) is 0 Å². The zero-order valence-electron chi connectivity index (χ0n) is 20.1. The SMILES string of the molecule is c1ccc2c(c1)-c1cccc3c1B1c4c(cccc4N3c3ccc4ccccc4c3)-c3ccccc3N12. The number of fused-ring (bicyclic) bond motifs is 7. The summed E-state index contributed by atoms with van der Waals surface area (Å²) in [7, 11) is 0. The number of hydrogen-bond donors (Lipinski definition) is 0. The van der Waals surface area contributed by atoms with Crippen LogP contribution in [-0.4, -0.2) is 6.85 Å². The first-order valence-corrected chi connectivity index (χ1v) is 12.9. The van der Waals surface area contributed by atoms with Gasteiger partial charge in [-0.1, -0.05) is 91.0 Å². The Morgan fingerprint density at radius 2 is 0.919 bits per heavy atom. The van der Waals surface area contributed by atoms with Crippen LogP contribution in [0.2, 0.25) is 0 Å². The molecule has 0 saturated heterocycles. The Labute approximate surface area is 216 Å². The predicted octanol–water partition coefficient (Wildman–Crippen LogP) is 7.53. The average molecular weight is 468 g/mol. The van der Waals surface area contributed by atoms with Crippen LogP contribution >= 0.6 is 0 Å². The fourth-order valence-corrected chi connectivity index (χ4v) is 6.90. The predicted molar refractivity (Wildman–Crippen MR) is 157 cm³/mol. The molecule has 0 radical (unpaired) electrons. The van der Waals surface area contributed by atoms with Gasteiger partial charge in [-0.05, 0) is 69.2 Å². The smallest absolute Gasteiger partial charge is 0.333 e. The number of hydrogen-bond acceptors (Lipinski definition) is 2. The van der Waals surface area contributed by atoms with Gasteiger partial charge in [-0.3, -0.25) is 0 Å². The first-order valence-electron chi connectivity index (χ1n) is 12.9. The molecule has 9 rings (SSSR count). The summed E-state index contributed by atoms with van der Waals surface area (Å²) in [5.74, 6) is 0. The van der Waals surface area contributed by atoms with E-state index in [4.69, 9.17) is 0 Å². The fourth-order valence-electron chi connectivity index (χ4n) is 6.90. The van der Waals surface area contributed by atoms with E-state index in [1.165, 1.54) is 72.4 Å². The van der Waals surface area contributed by atoms with Crippen LogP contribution in [-0.2, 0) is 0 Å². The molecule has 0 aliphatic carbocycles. The molecule has 6 aromatic carbocycles. The minimum atomic E-state index is 0.138. The number of anilines is 5. The molecule has 3 aliphatic rings. The first-order chi connectivity index (χ1) is 18.4. The summed E-state index contributed by atoms with van der Waals surface area (Å²) in [4.78, 5) is 5.07. The molecule has 6 aromatic rings. The number of rotatable bonds is 1. The highest BCUT2D eigenvalue weighted by molar-refractivity contribution is 6.95. The molecule has 3 heteroatoms. The molecule has 3 aliphatic heterocycles. The van der Waals surface area contributed by atoms with Crippen molar-refractivity contribution in [2.75, 3.05) is 9.71 Å². The molecule has 0 bridgehead atoms. The van der Waals surface area contributed by atoms with Crippen LogP contribution in [0.15, 0.2) is 127 Å².